The molecular formula is C13H7Cl3F2. The van der Waals surface area contributed by atoms with Gasteiger partial charge in [0.15, 0.2) is 0 Å². The number of rotatable bonds is 2. The number of halogens is 5. The van der Waals surface area contributed by atoms with Gasteiger partial charge in [-0.05, 0) is 47.5 Å². The molecule has 18 heavy (non-hydrogen) atoms. The van der Waals surface area contributed by atoms with Crippen molar-refractivity contribution >= 4 is 34.8 Å². The highest BCUT2D eigenvalue weighted by atomic mass is 35.5. The monoisotopic (exact) mass is 306 g/mol. The van der Waals surface area contributed by atoms with Gasteiger partial charge in [0.2, 0.25) is 0 Å². The molecule has 0 bridgehead atoms. The van der Waals surface area contributed by atoms with E-state index in [1.165, 1.54) is 12.1 Å². The fourth-order valence-electron chi connectivity index (χ4n) is 1.63. The fourth-order valence-corrected chi connectivity index (χ4v) is 2.40. The quantitative estimate of drug-likeness (QED) is 0.615. The summed E-state index contributed by atoms with van der Waals surface area (Å²) in [5.41, 5.74) is 1.08. The maximum Gasteiger partial charge on any atom is 0.263 e. The highest BCUT2D eigenvalue weighted by Crippen LogP contribution is 2.32. The first-order valence-electron chi connectivity index (χ1n) is 5.01. The third-order valence-electron chi connectivity index (χ3n) is 2.37. The van der Waals surface area contributed by atoms with Crippen molar-refractivity contribution < 1.29 is 8.78 Å². The van der Waals surface area contributed by atoms with Gasteiger partial charge in [0.25, 0.3) is 6.43 Å². The Kier molecular flexibility index (Phi) is 4.10. The van der Waals surface area contributed by atoms with Crippen LogP contribution in [0.5, 0.6) is 0 Å². The molecule has 0 fully saturated rings. The molecule has 0 radical (unpaired) electrons. The van der Waals surface area contributed by atoms with Gasteiger partial charge in [-0.25, -0.2) is 8.78 Å². The second-order valence-corrected chi connectivity index (χ2v) is 5.04. The average molecular weight is 308 g/mol. The summed E-state index contributed by atoms with van der Waals surface area (Å²) < 4.78 is 25.4. The van der Waals surface area contributed by atoms with Crippen molar-refractivity contribution in [3.63, 3.8) is 0 Å². The Labute approximate surface area is 118 Å². The molecule has 0 spiro atoms. The van der Waals surface area contributed by atoms with Crippen molar-refractivity contribution in [1.82, 2.24) is 0 Å². The number of benzene rings is 2. The van der Waals surface area contributed by atoms with Crippen molar-refractivity contribution in [1.29, 1.82) is 0 Å². The van der Waals surface area contributed by atoms with Crippen LogP contribution in [-0.2, 0) is 0 Å². The first-order chi connectivity index (χ1) is 8.45. The number of hydrogen-bond donors (Lipinski definition) is 0. The van der Waals surface area contributed by atoms with E-state index in [1.807, 2.05) is 0 Å². The largest absolute Gasteiger partial charge is 0.263 e. The van der Waals surface area contributed by atoms with Crippen molar-refractivity contribution in [3.05, 3.63) is 57.0 Å². The van der Waals surface area contributed by atoms with Gasteiger partial charge in [0.1, 0.15) is 0 Å². The maximum absolute atomic E-state index is 12.7. The smallest absolute Gasteiger partial charge is 0.205 e. The standard InChI is InChI=1S/C13H7Cl3F2/c14-10-2-7(1-9(5-10)13(17)18)8-3-11(15)6-12(16)4-8/h1-6,13H. The Balaban J connectivity index is 2.56. The topological polar surface area (TPSA) is 0 Å². The minimum absolute atomic E-state index is 0.131. The van der Waals surface area contributed by atoms with Crippen molar-refractivity contribution in [2.45, 2.75) is 6.43 Å². The van der Waals surface area contributed by atoms with Gasteiger partial charge in [-0.3, -0.25) is 0 Å². The molecular weight excluding hydrogens is 300 g/mol. The first kappa shape index (κ1) is 13.6. The second kappa shape index (κ2) is 5.43. The van der Waals surface area contributed by atoms with E-state index >= 15 is 0 Å². The molecule has 0 atom stereocenters. The number of hydrogen-bond acceptors (Lipinski definition) is 0. The molecule has 2 aromatic rings. The highest BCUT2D eigenvalue weighted by Gasteiger charge is 2.11. The van der Waals surface area contributed by atoms with Crippen LogP contribution in [0.1, 0.15) is 12.0 Å². The van der Waals surface area contributed by atoms with Crippen LogP contribution in [0.15, 0.2) is 36.4 Å². The van der Waals surface area contributed by atoms with Gasteiger partial charge in [-0.1, -0.05) is 34.8 Å². The molecule has 0 nitrogen and oxygen atoms in total. The predicted molar refractivity (Wildman–Crippen MR) is 71.9 cm³/mol. The van der Waals surface area contributed by atoms with E-state index < -0.39 is 6.43 Å². The summed E-state index contributed by atoms with van der Waals surface area (Å²) in [5, 5.41) is 1.13. The van der Waals surface area contributed by atoms with Gasteiger partial charge in [0, 0.05) is 20.6 Å². The molecule has 0 aliphatic heterocycles. The molecule has 0 amide bonds. The van der Waals surface area contributed by atoms with E-state index in [9.17, 15) is 8.78 Å². The zero-order valence-electron chi connectivity index (χ0n) is 8.93. The highest BCUT2D eigenvalue weighted by molar-refractivity contribution is 6.35. The molecule has 0 N–H and O–H groups in total. The summed E-state index contributed by atoms with van der Waals surface area (Å²) in [5.74, 6) is 0. The minimum Gasteiger partial charge on any atom is -0.205 e. The average Bonchev–Trinajstić information content (AvgIpc) is 2.26. The molecule has 5 heteroatoms. The lowest BCUT2D eigenvalue weighted by atomic mass is 10.0. The lowest BCUT2D eigenvalue weighted by Gasteiger charge is -2.07. The molecule has 0 aromatic heterocycles. The third kappa shape index (κ3) is 3.14. The van der Waals surface area contributed by atoms with E-state index in [1.54, 1.807) is 24.3 Å². The van der Waals surface area contributed by atoms with Crippen molar-refractivity contribution in [2.24, 2.45) is 0 Å². The molecule has 2 aromatic carbocycles. The van der Waals surface area contributed by atoms with Crippen LogP contribution < -0.4 is 0 Å². The summed E-state index contributed by atoms with van der Waals surface area (Å²) in [7, 11) is 0. The molecule has 0 aliphatic carbocycles. The fraction of sp³-hybridized carbons (Fsp3) is 0.0769. The first-order valence-corrected chi connectivity index (χ1v) is 6.14. The lowest BCUT2D eigenvalue weighted by Crippen LogP contribution is -1.87. The van der Waals surface area contributed by atoms with Crippen LogP contribution >= 0.6 is 34.8 Å². The number of alkyl halides is 2. The maximum atomic E-state index is 12.7. The third-order valence-corrected chi connectivity index (χ3v) is 3.02. The van der Waals surface area contributed by atoms with Crippen LogP contribution in [0, 0.1) is 0 Å². The lowest BCUT2D eigenvalue weighted by molar-refractivity contribution is 0.151. The zero-order chi connectivity index (χ0) is 13.3. The van der Waals surface area contributed by atoms with Crippen LogP contribution in [-0.4, -0.2) is 0 Å². The van der Waals surface area contributed by atoms with Crippen molar-refractivity contribution in [2.75, 3.05) is 0 Å². The molecule has 0 unspecified atom stereocenters. The van der Waals surface area contributed by atoms with Gasteiger partial charge < -0.3 is 0 Å². The SMILES string of the molecule is FC(F)c1cc(Cl)cc(-c2cc(Cl)cc(Cl)c2)c1. The molecule has 94 valence electrons. The van der Waals surface area contributed by atoms with Crippen LogP contribution in [0.25, 0.3) is 11.1 Å². The predicted octanol–water partition coefficient (Wildman–Crippen LogP) is 6.25. The molecule has 0 heterocycles. The van der Waals surface area contributed by atoms with E-state index in [4.69, 9.17) is 34.8 Å². The van der Waals surface area contributed by atoms with Gasteiger partial charge in [-0.2, -0.15) is 0 Å². The normalized spacial score (nSPS) is 11.0. The van der Waals surface area contributed by atoms with Gasteiger partial charge in [-0.15, -0.1) is 0 Å². The Morgan fingerprint density at radius 3 is 1.61 bits per heavy atom. The van der Waals surface area contributed by atoms with Gasteiger partial charge in [0.05, 0.1) is 0 Å². The summed E-state index contributed by atoms with van der Waals surface area (Å²) in [6.07, 6.45) is -2.57. The van der Waals surface area contributed by atoms with Crippen LogP contribution in [0.2, 0.25) is 15.1 Å². The molecule has 0 aliphatic rings. The molecule has 2 rings (SSSR count). The summed E-state index contributed by atoms with van der Waals surface area (Å²) in [4.78, 5) is 0. The van der Waals surface area contributed by atoms with Crippen LogP contribution in [0.3, 0.4) is 0 Å². The van der Waals surface area contributed by atoms with E-state index in [0.29, 0.717) is 21.2 Å². The minimum atomic E-state index is -2.57. The van der Waals surface area contributed by atoms with E-state index in [0.717, 1.165) is 0 Å². The Morgan fingerprint density at radius 2 is 1.11 bits per heavy atom. The Morgan fingerprint density at radius 1 is 0.667 bits per heavy atom. The zero-order valence-corrected chi connectivity index (χ0v) is 11.2. The summed E-state index contributed by atoms with van der Waals surface area (Å²) in [6.45, 7) is 0. The second-order valence-electron chi connectivity index (χ2n) is 3.73. The van der Waals surface area contributed by atoms with Crippen molar-refractivity contribution in [3.8, 4) is 11.1 Å². The van der Waals surface area contributed by atoms with E-state index in [-0.39, 0.29) is 10.6 Å². The summed E-state index contributed by atoms with van der Waals surface area (Å²) in [6, 6.07) is 9.07. The molecule has 0 saturated carbocycles. The molecule has 0 saturated heterocycles. The Bertz CT molecular complexity index is 562. The van der Waals surface area contributed by atoms with E-state index in [2.05, 4.69) is 0 Å². The Hall–Kier alpha value is -0.830. The summed E-state index contributed by atoms with van der Waals surface area (Å²) >= 11 is 17.6. The van der Waals surface area contributed by atoms with Crippen LogP contribution in [0.4, 0.5) is 8.78 Å². The van der Waals surface area contributed by atoms with Gasteiger partial charge >= 0.3 is 0 Å².